The topological polar surface area (TPSA) is 18.5 Å². The van der Waals surface area contributed by atoms with Crippen molar-refractivity contribution in [2.45, 2.75) is 57.5 Å². The molecule has 2 aromatic rings. The molecule has 148 valence electrons. The van der Waals surface area contributed by atoms with Gasteiger partial charge in [0.1, 0.15) is 11.5 Å². The molecular weight excluding hydrogens is 372 g/mol. The van der Waals surface area contributed by atoms with Crippen LogP contribution in [-0.4, -0.2) is 23.7 Å². The molecule has 0 amide bonds. The van der Waals surface area contributed by atoms with Crippen molar-refractivity contribution in [3.05, 3.63) is 58.7 Å². The minimum atomic E-state index is -0.275. The Morgan fingerprint density at radius 2 is 1.15 bits per heavy atom. The lowest BCUT2D eigenvalue weighted by Crippen LogP contribution is -2.23. The van der Waals surface area contributed by atoms with E-state index in [0.717, 1.165) is 22.6 Å². The maximum absolute atomic E-state index is 6.10. The lowest BCUT2D eigenvalue weighted by atomic mass is 9.76. The molecule has 0 aliphatic rings. The van der Waals surface area contributed by atoms with Crippen molar-refractivity contribution in [2.75, 3.05) is 13.2 Å². The highest BCUT2D eigenvalue weighted by molar-refractivity contribution is 7.81. The summed E-state index contributed by atoms with van der Waals surface area (Å²) in [7, 11) is 0. The third-order valence-electron chi connectivity index (χ3n) is 4.58. The zero-order valence-corrected chi connectivity index (χ0v) is 19.0. The molecule has 0 bridgehead atoms. The van der Waals surface area contributed by atoms with E-state index < -0.39 is 0 Å². The van der Waals surface area contributed by atoms with Crippen LogP contribution in [-0.2, 0) is 5.41 Å². The van der Waals surface area contributed by atoms with Crippen LogP contribution in [0.3, 0.4) is 0 Å². The van der Waals surface area contributed by atoms with E-state index in [1.54, 1.807) is 0 Å². The molecule has 2 unspecified atom stereocenters. The molecule has 2 nitrogen and oxygen atoms in total. The average Bonchev–Trinajstić information content (AvgIpc) is 2.59. The molecule has 0 spiro atoms. The zero-order chi connectivity index (χ0) is 20.2. The molecule has 0 N–H and O–H groups in total. The lowest BCUT2D eigenvalue weighted by Gasteiger charge is -2.31. The molecule has 0 aromatic heterocycles. The Balaban J connectivity index is 2.51. The van der Waals surface area contributed by atoms with Crippen LogP contribution in [0.5, 0.6) is 11.5 Å². The molecule has 0 radical (unpaired) electrons. The molecule has 2 aromatic carbocycles. The van der Waals surface area contributed by atoms with E-state index in [1.165, 1.54) is 11.1 Å². The quantitative estimate of drug-likeness (QED) is 0.524. The second-order valence-electron chi connectivity index (χ2n) is 7.94. The summed E-state index contributed by atoms with van der Waals surface area (Å²) >= 11 is 8.90. The molecule has 2 rings (SSSR count). The second kappa shape index (κ2) is 9.29. The molecule has 4 heteroatoms. The lowest BCUT2D eigenvalue weighted by molar-refractivity contribution is 0.307. The van der Waals surface area contributed by atoms with Crippen LogP contribution in [0.2, 0.25) is 0 Å². The van der Waals surface area contributed by atoms with Gasteiger partial charge in [-0.15, -0.1) is 0 Å². The van der Waals surface area contributed by atoms with Gasteiger partial charge < -0.3 is 9.47 Å². The number of hydrogen-bond acceptors (Lipinski definition) is 4. The van der Waals surface area contributed by atoms with E-state index in [9.17, 15) is 0 Å². The fourth-order valence-corrected chi connectivity index (χ4v) is 3.23. The highest BCUT2D eigenvalue weighted by atomic mass is 32.1. The van der Waals surface area contributed by atoms with Gasteiger partial charge in [-0.2, -0.15) is 25.3 Å². The summed E-state index contributed by atoms with van der Waals surface area (Å²) in [6, 6.07) is 12.7. The number of aryl methyl sites for hydroxylation is 2. The Morgan fingerprint density at radius 3 is 1.48 bits per heavy atom. The first kappa shape index (κ1) is 22.0. The van der Waals surface area contributed by atoms with Gasteiger partial charge >= 0.3 is 0 Å². The largest absolute Gasteiger partial charge is 0.492 e. The number of hydrogen-bond donors (Lipinski definition) is 2. The van der Waals surface area contributed by atoms with Crippen molar-refractivity contribution in [3.63, 3.8) is 0 Å². The number of rotatable bonds is 8. The van der Waals surface area contributed by atoms with Gasteiger partial charge in [0.2, 0.25) is 0 Å². The smallest absolute Gasteiger partial charge is 0.123 e. The van der Waals surface area contributed by atoms with Crippen LogP contribution in [0.25, 0.3) is 0 Å². The van der Waals surface area contributed by atoms with Crippen molar-refractivity contribution in [2.24, 2.45) is 0 Å². The predicted octanol–water partition coefficient (Wildman–Crippen LogP) is 6.02. The van der Waals surface area contributed by atoms with Gasteiger partial charge in [-0.1, -0.05) is 63.1 Å². The van der Waals surface area contributed by atoms with Crippen LogP contribution >= 0.6 is 25.3 Å². The first-order valence-corrected chi connectivity index (χ1v) is 10.5. The summed E-state index contributed by atoms with van der Waals surface area (Å²) in [5.74, 6) is 1.81. The van der Waals surface area contributed by atoms with Gasteiger partial charge in [-0.25, -0.2) is 0 Å². The van der Waals surface area contributed by atoms with Crippen LogP contribution < -0.4 is 9.47 Å². The van der Waals surface area contributed by atoms with E-state index >= 15 is 0 Å². The molecule has 0 fully saturated rings. The van der Waals surface area contributed by atoms with Gasteiger partial charge in [-0.3, -0.25) is 0 Å². The number of thiol groups is 2. The molecule has 2 atom stereocenters. The van der Waals surface area contributed by atoms with Gasteiger partial charge in [0.15, 0.2) is 0 Å². The van der Waals surface area contributed by atoms with E-state index in [-0.39, 0.29) is 15.9 Å². The highest BCUT2D eigenvalue weighted by Crippen LogP contribution is 2.42. The molecule has 0 saturated carbocycles. The summed E-state index contributed by atoms with van der Waals surface area (Å²) < 4.78 is 12.2. The predicted molar refractivity (Wildman–Crippen MR) is 122 cm³/mol. The Morgan fingerprint density at radius 1 is 0.778 bits per heavy atom. The fraction of sp³-hybridized carbons (Fsp3) is 0.478. The third kappa shape index (κ3) is 5.86. The first-order valence-electron chi connectivity index (χ1n) is 9.45. The van der Waals surface area contributed by atoms with Crippen molar-refractivity contribution < 1.29 is 9.47 Å². The molecular formula is C23H32O2S2. The SMILES string of the molecule is Cc1ccc(OCC(C)S)c(C(C)(C)c2cc(C)ccc2OCC(C)S)c1. The van der Waals surface area contributed by atoms with Crippen molar-refractivity contribution in [3.8, 4) is 11.5 Å². The molecule has 0 heterocycles. The summed E-state index contributed by atoms with van der Waals surface area (Å²) in [6.45, 7) is 13.9. The van der Waals surface area contributed by atoms with E-state index in [0.29, 0.717) is 13.2 Å². The normalized spacial score (nSPS) is 13.9. The van der Waals surface area contributed by atoms with Crippen LogP contribution in [0, 0.1) is 13.8 Å². The Kier molecular flexibility index (Phi) is 7.58. The van der Waals surface area contributed by atoms with E-state index in [1.807, 2.05) is 13.8 Å². The summed E-state index contributed by atoms with van der Waals surface area (Å²) in [4.78, 5) is 0. The van der Waals surface area contributed by atoms with Gasteiger partial charge in [-0.05, 0) is 26.0 Å². The molecule has 27 heavy (non-hydrogen) atoms. The minimum absolute atomic E-state index is 0.178. The first-order chi connectivity index (χ1) is 12.6. The second-order valence-corrected chi connectivity index (χ2v) is 9.71. The average molecular weight is 405 g/mol. The Hall–Kier alpha value is -1.26. The fourth-order valence-electron chi connectivity index (χ4n) is 3.08. The summed E-state index contributed by atoms with van der Waals surface area (Å²) in [5, 5.41) is 0.356. The van der Waals surface area contributed by atoms with Crippen LogP contribution in [0.4, 0.5) is 0 Å². The summed E-state index contributed by atoms with van der Waals surface area (Å²) in [6.07, 6.45) is 0. The van der Waals surface area contributed by atoms with Gasteiger partial charge in [0.05, 0.1) is 13.2 Å². The molecule has 0 aliphatic carbocycles. The van der Waals surface area contributed by atoms with E-state index in [4.69, 9.17) is 9.47 Å². The number of benzene rings is 2. The molecule has 0 saturated heterocycles. The monoisotopic (exact) mass is 404 g/mol. The Bertz CT molecular complexity index is 703. The molecule has 0 aliphatic heterocycles. The van der Waals surface area contributed by atoms with Gasteiger partial charge in [0.25, 0.3) is 0 Å². The summed E-state index contributed by atoms with van der Waals surface area (Å²) in [5.41, 5.74) is 4.46. The highest BCUT2D eigenvalue weighted by Gasteiger charge is 2.30. The van der Waals surface area contributed by atoms with Crippen molar-refractivity contribution >= 4 is 25.3 Å². The maximum Gasteiger partial charge on any atom is 0.123 e. The maximum atomic E-state index is 6.10. The van der Waals surface area contributed by atoms with E-state index in [2.05, 4.69) is 89.4 Å². The third-order valence-corrected chi connectivity index (χ3v) is 4.88. The van der Waals surface area contributed by atoms with Gasteiger partial charge in [0, 0.05) is 27.0 Å². The van der Waals surface area contributed by atoms with Crippen molar-refractivity contribution in [1.29, 1.82) is 0 Å². The standard InChI is InChI=1S/C23H32O2S2/c1-15-7-9-21(24-13-17(3)26)19(11-15)23(5,6)20-12-16(2)8-10-22(20)25-14-18(4)27/h7-12,17-18,26-27H,13-14H2,1-6H3. The van der Waals surface area contributed by atoms with Crippen LogP contribution in [0.1, 0.15) is 49.9 Å². The van der Waals surface area contributed by atoms with Crippen molar-refractivity contribution in [1.82, 2.24) is 0 Å². The minimum Gasteiger partial charge on any atom is -0.492 e. The Labute approximate surface area is 175 Å². The van der Waals surface area contributed by atoms with Crippen LogP contribution in [0.15, 0.2) is 36.4 Å². The zero-order valence-electron chi connectivity index (χ0n) is 17.2. The number of ether oxygens (including phenoxy) is 2.